The third-order valence-corrected chi connectivity index (χ3v) is 4.22. The molecule has 1 aromatic rings. The topological polar surface area (TPSA) is 61.4 Å². The maximum atomic E-state index is 12.4. The van der Waals surface area contributed by atoms with E-state index < -0.39 is 0 Å². The number of carbonyl (C=O) groups is 2. The van der Waals surface area contributed by atoms with Crippen LogP contribution in [0.25, 0.3) is 0 Å². The lowest BCUT2D eigenvalue weighted by Crippen LogP contribution is -2.43. The third-order valence-electron chi connectivity index (χ3n) is 4.22. The Bertz CT molecular complexity index is 579. The lowest BCUT2D eigenvalue weighted by Gasteiger charge is -2.25. The highest BCUT2D eigenvalue weighted by atomic mass is 16.2. The molecule has 0 radical (unpaired) electrons. The van der Waals surface area contributed by atoms with Crippen LogP contribution in [0, 0.1) is 5.92 Å². The fourth-order valence-electron chi connectivity index (χ4n) is 2.86. The summed E-state index contributed by atoms with van der Waals surface area (Å²) in [5.74, 6) is 0.622. The minimum Gasteiger partial charge on any atom is -0.353 e. The molecule has 146 valence electrons. The number of nitrogens with zero attached hydrogens (tertiary/aromatic N) is 1. The van der Waals surface area contributed by atoms with Crippen molar-refractivity contribution in [2.45, 2.75) is 59.5 Å². The van der Waals surface area contributed by atoms with E-state index in [0.29, 0.717) is 5.92 Å². The van der Waals surface area contributed by atoms with Gasteiger partial charge in [-0.15, -0.1) is 0 Å². The Morgan fingerprint density at radius 1 is 0.846 bits per heavy atom. The normalized spacial score (nSPS) is 12.7. The molecule has 0 bridgehead atoms. The number of hydrogen-bond donors (Lipinski definition) is 2. The average Bonchev–Trinajstić information content (AvgIpc) is 2.51. The van der Waals surface area contributed by atoms with E-state index in [4.69, 9.17) is 0 Å². The minimum atomic E-state index is -0.0727. The molecule has 2 amide bonds. The SMILES string of the molecule is CC(C)NC(=O)CN(C)CC(=O)N[C@H](c1ccc(C(C)C)cc1)C(C)C. The maximum absolute atomic E-state index is 12.4. The van der Waals surface area contributed by atoms with Crippen molar-refractivity contribution in [3.05, 3.63) is 35.4 Å². The Labute approximate surface area is 158 Å². The molecule has 0 aliphatic rings. The first kappa shape index (κ1) is 22.2. The van der Waals surface area contributed by atoms with Gasteiger partial charge in [-0.2, -0.15) is 0 Å². The number of likely N-dealkylation sites (N-methyl/N-ethyl adjacent to an activating group) is 1. The molecule has 0 spiro atoms. The zero-order valence-electron chi connectivity index (χ0n) is 17.3. The molecule has 0 aliphatic heterocycles. The molecule has 0 unspecified atom stereocenters. The monoisotopic (exact) mass is 361 g/mol. The van der Waals surface area contributed by atoms with Gasteiger partial charge in [0.25, 0.3) is 0 Å². The molecule has 0 fully saturated rings. The predicted octanol–water partition coefficient (Wildman–Crippen LogP) is 3.08. The first-order valence-electron chi connectivity index (χ1n) is 9.47. The summed E-state index contributed by atoms with van der Waals surface area (Å²) in [6.45, 7) is 12.8. The van der Waals surface area contributed by atoms with Crippen molar-refractivity contribution in [3.63, 3.8) is 0 Å². The molecule has 1 rings (SSSR count). The number of rotatable bonds is 9. The van der Waals surface area contributed by atoms with E-state index in [2.05, 4.69) is 62.6 Å². The smallest absolute Gasteiger partial charge is 0.234 e. The summed E-state index contributed by atoms with van der Waals surface area (Å²) in [5.41, 5.74) is 2.40. The second-order valence-electron chi connectivity index (χ2n) is 8.01. The van der Waals surface area contributed by atoms with Gasteiger partial charge in [0.05, 0.1) is 19.1 Å². The van der Waals surface area contributed by atoms with E-state index in [1.165, 1.54) is 5.56 Å². The lowest BCUT2D eigenvalue weighted by molar-refractivity contribution is -0.125. The molecule has 0 heterocycles. The van der Waals surface area contributed by atoms with Crippen LogP contribution in [0.4, 0.5) is 0 Å². The summed E-state index contributed by atoms with van der Waals surface area (Å²) in [4.78, 5) is 26.0. The minimum absolute atomic E-state index is 0.0402. The highest BCUT2D eigenvalue weighted by Crippen LogP contribution is 2.24. The highest BCUT2D eigenvalue weighted by molar-refractivity contribution is 5.81. The molecule has 5 heteroatoms. The van der Waals surface area contributed by atoms with Gasteiger partial charge < -0.3 is 10.6 Å². The van der Waals surface area contributed by atoms with Gasteiger partial charge in [-0.25, -0.2) is 0 Å². The van der Waals surface area contributed by atoms with E-state index in [1.807, 2.05) is 13.8 Å². The zero-order chi connectivity index (χ0) is 19.9. The second-order valence-corrected chi connectivity index (χ2v) is 8.01. The van der Waals surface area contributed by atoms with Gasteiger partial charge >= 0.3 is 0 Å². The number of hydrogen-bond acceptors (Lipinski definition) is 3. The molecule has 0 aliphatic carbocycles. The summed E-state index contributed by atoms with van der Waals surface area (Å²) in [5, 5.41) is 5.95. The van der Waals surface area contributed by atoms with Crippen molar-refractivity contribution in [2.24, 2.45) is 5.92 Å². The van der Waals surface area contributed by atoms with E-state index in [-0.39, 0.29) is 42.9 Å². The van der Waals surface area contributed by atoms with E-state index in [9.17, 15) is 9.59 Å². The fourth-order valence-corrected chi connectivity index (χ4v) is 2.86. The largest absolute Gasteiger partial charge is 0.353 e. The summed E-state index contributed by atoms with van der Waals surface area (Å²) in [6, 6.07) is 8.51. The molecule has 0 aromatic heterocycles. The van der Waals surface area contributed by atoms with E-state index >= 15 is 0 Å². The lowest BCUT2D eigenvalue weighted by atomic mass is 9.93. The van der Waals surface area contributed by atoms with Crippen LogP contribution in [0.3, 0.4) is 0 Å². The Hall–Kier alpha value is -1.88. The van der Waals surface area contributed by atoms with Gasteiger partial charge in [-0.1, -0.05) is 52.0 Å². The second kappa shape index (κ2) is 10.3. The molecule has 26 heavy (non-hydrogen) atoms. The van der Waals surface area contributed by atoms with Gasteiger partial charge in [0.15, 0.2) is 0 Å². The van der Waals surface area contributed by atoms with Gasteiger partial charge in [0.2, 0.25) is 11.8 Å². The van der Waals surface area contributed by atoms with Crippen LogP contribution in [0.1, 0.15) is 64.6 Å². The van der Waals surface area contributed by atoms with Gasteiger partial charge in [0.1, 0.15) is 0 Å². The average molecular weight is 362 g/mol. The summed E-state index contributed by atoms with van der Waals surface area (Å²) in [7, 11) is 1.78. The number of amides is 2. The maximum Gasteiger partial charge on any atom is 0.234 e. The van der Waals surface area contributed by atoms with Crippen LogP contribution < -0.4 is 10.6 Å². The van der Waals surface area contributed by atoms with Crippen molar-refractivity contribution in [3.8, 4) is 0 Å². The van der Waals surface area contributed by atoms with Crippen LogP contribution in [0.15, 0.2) is 24.3 Å². The van der Waals surface area contributed by atoms with E-state index in [1.54, 1.807) is 11.9 Å². The van der Waals surface area contributed by atoms with Gasteiger partial charge in [-0.05, 0) is 43.9 Å². The molecular weight excluding hydrogens is 326 g/mol. The number of benzene rings is 1. The predicted molar refractivity (Wildman–Crippen MR) is 107 cm³/mol. The molecule has 0 saturated carbocycles. The summed E-state index contributed by atoms with van der Waals surface area (Å²) >= 11 is 0. The van der Waals surface area contributed by atoms with Crippen molar-refractivity contribution in [1.82, 2.24) is 15.5 Å². The molecule has 1 atom stereocenters. The van der Waals surface area contributed by atoms with Crippen LogP contribution in [-0.2, 0) is 9.59 Å². The highest BCUT2D eigenvalue weighted by Gasteiger charge is 2.20. The molecular formula is C21H35N3O2. The van der Waals surface area contributed by atoms with Crippen LogP contribution >= 0.6 is 0 Å². The molecule has 2 N–H and O–H groups in total. The van der Waals surface area contributed by atoms with Gasteiger partial charge in [-0.3, -0.25) is 14.5 Å². The summed E-state index contributed by atoms with van der Waals surface area (Å²) in [6.07, 6.45) is 0. The van der Waals surface area contributed by atoms with Crippen molar-refractivity contribution >= 4 is 11.8 Å². The Morgan fingerprint density at radius 2 is 1.31 bits per heavy atom. The van der Waals surface area contributed by atoms with Crippen molar-refractivity contribution in [2.75, 3.05) is 20.1 Å². The third kappa shape index (κ3) is 7.56. The van der Waals surface area contributed by atoms with Gasteiger partial charge in [0, 0.05) is 6.04 Å². The Balaban J connectivity index is 2.66. The summed E-state index contributed by atoms with van der Waals surface area (Å²) < 4.78 is 0. The molecule has 5 nitrogen and oxygen atoms in total. The standard InChI is InChI=1S/C21H35N3O2/c1-14(2)17-8-10-18(11-9-17)21(15(3)4)23-20(26)13-24(7)12-19(25)22-16(5)6/h8-11,14-16,21H,12-13H2,1-7H3,(H,22,25)(H,23,26)/t21-/m0/s1. The molecule has 1 aromatic carbocycles. The van der Waals surface area contributed by atoms with Crippen molar-refractivity contribution < 1.29 is 9.59 Å². The van der Waals surface area contributed by atoms with Crippen LogP contribution in [0.2, 0.25) is 0 Å². The Kier molecular flexibility index (Phi) is 8.79. The van der Waals surface area contributed by atoms with Crippen LogP contribution in [0.5, 0.6) is 0 Å². The quantitative estimate of drug-likeness (QED) is 0.710. The fraction of sp³-hybridized carbons (Fsp3) is 0.619. The Morgan fingerprint density at radius 3 is 1.73 bits per heavy atom. The van der Waals surface area contributed by atoms with E-state index in [0.717, 1.165) is 5.56 Å². The number of carbonyl (C=O) groups excluding carboxylic acids is 2. The first-order valence-corrected chi connectivity index (χ1v) is 9.47. The zero-order valence-corrected chi connectivity index (χ0v) is 17.3. The molecule has 0 saturated heterocycles. The number of nitrogens with one attached hydrogen (secondary N) is 2. The van der Waals surface area contributed by atoms with Crippen LogP contribution in [-0.4, -0.2) is 42.9 Å². The first-order chi connectivity index (χ1) is 12.1. The van der Waals surface area contributed by atoms with Crippen molar-refractivity contribution in [1.29, 1.82) is 0 Å².